The predicted molar refractivity (Wildman–Crippen MR) is 72.2 cm³/mol. The van der Waals surface area contributed by atoms with Crippen LogP contribution in [-0.4, -0.2) is 30.0 Å². The minimum Gasteiger partial charge on any atom is -0.467 e. The van der Waals surface area contributed by atoms with Gasteiger partial charge in [-0.25, -0.2) is 9.78 Å². The normalized spacial score (nSPS) is 11.8. The first kappa shape index (κ1) is 15.4. The molecule has 1 aromatic rings. The molecule has 19 heavy (non-hydrogen) atoms. The van der Waals surface area contributed by atoms with Gasteiger partial charge in [0.25, 0.3) is 5.91 Å². The summed E-state index contributed by atoms with van der Waals surface area (Å²) >= 11 is 5.87. The fraction of sp³-hybridized carbons (Fsp3) is 0.462. The molecule has 0 aliphatic heterocycles. The van der Waals surface area contributed by atoms with Crippen LogP contribution in [0, 0.1) is 0 Å². The summed E-state index contributed by atoms with van der Waals surface area (Å²) in [7, 11) is 1.27. The highest BCUT2D eigenvalue weighted by atomic mass is 35.5. The molecule has 0 bridgehead atoms. The van der Waals surface area contributed by atoms with E-state index >= 15 is 0 Å². The van der Waals surface area contributed by atoms with E-state index in [0.29, 0.717) is 5.56 Å². The molecule has 1 aromatic heterocycles. The smallest absolute Gasteiger partial charge is 0.328 e. The molecule has 5 nitrogen and oxygen atoms in total. The molecule has 0 aliphatic carbocycles. The van der Waals surface area contributed by atoms with Crippen molar-refractivity contribution in [2.75, 3.05) is 7.11 Å². The van der Waals surface area contributed by atoms with Crippen molar-refractivity contribution in [1.82, 2.24) is 10.3 Å². The maximum absolute atomic E-state index is 12.0. The molecule has 0 spiro atoms. The first-order valence-electron chi connectivity index (χ1n) is 6.03. The Bertz CT molecular complexity index is 477. The van der Waals surface area contributed by atoms with Crippen LogP contribution in [0.1, 0.15) is 36.3 Å². The maximum atomic E-state index is 12.0. The van der Waals surface area contributed by atoms with Crippen LogP contribution in [-0.2, 0) is 16.0 Å². The van der Waals surface area contributed by atoms with E-state index in [1.165, 1.54) is 13.2 Å². The molecule has 1 amide bonds. The zero-order valence-corrected chi connectivity index (χ0v) is 12.0. The number of aryl methyl sites for hydroxylation is 1. The van der Waals surface area contributed by atoms with Gasteiger partial charge in [-0.05, 0) is 25.5 Å². The second kappa shape index (κ2) is 7.09. The van der Waals surface area contributed by atoms with Gasteiger partial charge in [0.05, 0.1) is 7.11 Å². The van der Waals surface area contributed by atoms with Crippen molar-refractivity contribution < 1.29 is 14.3 Å². The van der Waals surface area contributed by atoms with Crippen molar-refractivity contribution in [2.24, 2.45) is 0 Å². The summed E-state index contributed by atoms with van der Waals surface area (Å²) in [5.74, 6) is -0.873. The van der Waals surface area contributed by atoms with E-state index in [9.17, 15) is 9.59 Å². The minimum absolute atomic E-state index is 0.266. The number of carbonyl (C=O) groups excluding carboxylic acids is 2. The predicted octanol–water partition coefficient (Wildman–Crippen LogP) is 1.98. The van der Waals surface area contributed by atoms with Crippen LogP contribution < -0.4 is 5.32 Å². The highest BCUT2D eigenvalue weighted by molar-refractivity contribution is 6.29. The minimum atomic E-state index is -0.709. The van der Waals surface area contributed by atoms with Gasteiger partial charge in [0.1, 0.15) is 11.2 Å². The molecular weight excluding hydrogens is 268 g/mol. The molecule has 1 rings (SSSR count). The summed E-state index contributed by atoms with van der Waals surface area (Å²) in [6.07, 6.45) is 1.65. The SMILES string of the molecule is CCCc1cc(C(=O)NC(C)C(=O)OC)cc(Cl)n1. The molecule has 1 atom stereocenters. The average molecular weight is 285 g/mol. The molecule has 0 radical (unpaired) electrons. The highest BCUT2D eigenvalue weighted by Crippen LogP contribution is 2.12. The lowest BCUT2D eigenvalue weighted by Crippen LogP contribution is -2.39. The number of hydrogen-bond acceptors (Lipinski definition) is 4. The zero-order chi connectivity index (χ0) is 14.4. The molecule has 6 heteroatoms. The lowest BCUT2D eigenvalue weighted by Gasteiger charge is -2.12. The highest BCUT2D eigenvalue weighted by Gasteiger charge is 2.17. The van der Waals surface area contributed by atoms with Gasteiger partial charge in [0.2, 0.25) is 0 Å². The first-order chi connectivity index (χ1) is 8.97. The Morgan fingerprint density at radius 2 is 2.16 bits per heavy atom. The first-order valence-corrected chi connectivity index (χ1v) is 6.40. The van der Waals surface area contributed by atoms with Crippen LogP contribution in [0.5, 0.6) is 0 Å². The molecule has 0 aromatic carbocycles. The molecule has 0 aliphatic rings. The quantitative estimate of drug-likeness (QED) is 0.663. The van der Waals surface area contributed by atoms with Crippen LogP contribution in [0.25, 0.3) is 0 Å². The second-order valence-corrected chi connectivity index (χ2v) is 4.53. The number of esters is 1. The van der Waals surface area contributed by atoms with Crippen molar-refractivity contribution in [3.8, 4) is 0 Å². The third-order valence-corrected chi connectivity index (χ3v) is 2.71. The molecule has 0 saturated heterocycles. The van der Waals surface area contributed by atoms with Gasteiger partial charge in [-0.3, -0.25) is 4.79 Å². The summed E-state index contributed by atoms with van der Waals surface area (Å²) in [5, 5.41) is 2.81. The van der Waals surface area contributed by atoms with E-state index in [4.69, 9.17) is 11.6 Å². The van der Waals surface area contributed by atoms with Crippen LogP contribution in [0.15, 0.2) is 12.1 Å². The standard InChI is InChI=1S/C13H17ClN2O3/c1-4-5-10-6-9(7-11(14)16-10)12(17)15-8(2)13(18)19-3/h6-8H,4-5H2,1-3H3,(H,15,17). The van der Waals surface area contributed by atoms with Gasteiger partial charge >= 0.3 is 5.97 Å². The van der Waals surface area contributed by atoms with E-state index in [1.807, 2.05) is 6.92 Å². The van der Waals surface area contributed by atoms with Crippen molar-refractivity contribution in [2.45, 2.75) is 32.7 Å². The molecule has 104 valence electrons. The Morgan fingerprint density at radius 3 is 2.74 bits per heavy atom. The van der Waals surface area contributed by atoms with Crippen molar-refractivity contribution in [1.29, 1.82) is 0 Å². The summed E-state index contributed by atoms with van der Waals surface area (Å²) in [6, 6.07) is 2.44. The van der Waals surface area contributed by atoms with Gasteiger partial charge in [-0.15, -0.1) is 0 Å². The van der Waals surface area contributed by atoms with E-state index in [0.717, 1.165) is 18.5 Å². The van der Waals surface area contributed by atoms with Crippen LogP contribution in [0.4, 0.5) is 0 Å². The van der Waals surface area contributed by atoms with Crippen molar-refractivity contribution in [3.63, 3.8) is 0 Å². The summed E-state index contributed by atoms with van der Waals surface area (Å²) < 4.78 is 4.54. The van der Waals surface area contributed by atoms with Gasteiger partial charge in [-0.1, -0.05) is 24.9 Å². The lowest BCUT2D eigenvalue weighted by molar-refractivity contribution is -0.142. The summed E-state index contributed by atoms with van der Waals surface area (Å²) in [5.41, 5.74) is 1.14. The molecule has 0 saturated carbocycles. The van der Waals surface area contributed by atoms with E-state index < -0.39 is 12.0 Å². The number of amides is 1. The molecule has 1 heterocycles. The fourth-order valence-corrected chi connectivity index (χ4v) is 1.81. The molecule has 1 unspecified atom stereocenters. The summed E-state index contributed by atoms with van der Waals surface area (Å²) in [4.78, 5) is 27.3. The largest absolute Gasteiger partial charge is 0.467 e. The monoisotopic (exact) mass is 284 g/mol. The van der Waals surface area contributed by atoms with Crippen molar-refractivity contribution >= 4 is 23.5 Å². The maximum Gasteiger partial charge on any atom is 0.328 e. The zero-order valence-electron chi connectivity index (χ0n) is 11.2. The van der Waals surface area contributed by atoms with Gasteiger partial charge in [-0.2, -0.15) is 0 Å². The molecule has 1 N–H and O–H groups in total. The fourth-order valence-electron chi connectivity index (χ4n) is 1.58. The van der Waals surface area contributed by atoms with E-state index in [-0.39, 0.29) is 11.1 Å². The van der Waals surface area contributed by atoms with Gasteiger partial charge in [0.15, 0.2) is 0 Å². The van der Waals surface area contributed by atoms with Crippen LogP contribution in [0.3, 0.4) is 0 Å². The van der Waals surface area contributed by atoms with Crippen LogP contribution in [0.2, 0.25) is 5.15 Å². The molecular formula is C13H17ClN2O3. The third-order valence-electron chi connectivity index (χ3n) is 2.52. The average Bonchev–Trinajstić information content (AvgIpc) is 2.37. The number of pyridine rings is 1. The Morgan fingerprint density at radius 1 is 1.47 bits per heavy atom. The van der Waals surface area contributed by atoms with E-state index in [2.05, 4.69) is 15.0 Å². The lowest BCUT2D eigenvalue weighted by atomic mass is 10.1. The Kier molecular flexibility index (Phi) is 5.76. The number of halogens is 1. The number of ether oxygens (including phenoxy) is 1. The van der Waals surface area contributed by atoms with Gasteiger partial charge < -0.3 is 10.1 Å². The number of aromatic nitrogens is 1. The van der Waals surface area contributed by atoms with Gasteiger partial charge in [0, 0.05) is 11.3 Å². The van der Waals surface area contributed by atoms with Crippen molar-refractivity contribution in [3.05, 3.63) is 28.5 Å². The number of rotatable bonds is 5. The van der Waals surface area contributed by atoms with Crippen LogP contribution >= 0.6 is 11.6 Å². The third kappa shape index (κ3) is 4.52. The van der Waals surface area contributed by atoms with E-state index in [1.54, 1.807) is 13.0 Å². The Hall–Kier alpha value is -1.62. The summed E-state index contributed by atoms with van der Waals surface area (Å²) in [6.45, 7) is 3.57. The number of methoxy groups -OCH3 is 1. The second-order valence-electron chi connectivity index (χ2n) is 4.14. The Labute approximate surface area is 117 Å². The number of nitrogens with zero attached hydrogens (tertiary/aromatic N) is 1. The Balaban J connectivity index is 2.84. The topological polar surface area (TPSA) is 68.3 Å². The number of carbonyl (C=O) groups is 2. The number of nitrogens with one attached hydrogen (secondary N) is 1. The number of hydrogen-bond donors (Lipinski definition) is 1. The molecule has 0 fully saturated rings.